The highest BCUT2D eigenvalue weighted by atomic mass is 35.5. The summed E-state index contributed by atoms with van der Waals surface area (Å²) in [6, 6.07) is 7.11. The Hall–Kier alpha value is -1.19. The molecule has 0 bridgehead atoms. The molecule has 0 radical (unpaired) electrons. The summed E-state index contributed by atoms with van der Waals surface area (Å²) in [5, 5.41) is 9.66. The number of benzene rings is 1. The number of carboxylic acid groups (broad SMARTS) is 1. The molecule has 1 heterocycles. The minimum atomic E-state index is -1.01. The maximum Gasteiger partial charge on any atom is 0.339 e. The summed E-state index contributed by atoms with van der Waals surface area (Å²) in [5.41, 5.74) is 0.877. The highest BCUT2D eigenvalue weighted by molar-refractivity contribution is 6.34. The van der Waals surface area contributed by atoms with Gasteiger partial charge in [-0.25, -0.2) is 4.79 Å². The van der Waals surface area contributed by atoms with Crippen molar-refractivity contribution in [1.29, 1.82) is 0 Å². The van der Waals surface area contributed by atoms with Crippen LogP contribution in [0.1, 0.15) is 10.4 Å². The normalized spacial score (nSPS) is 9.79. The van der Waals surface area contributed by atoms with Crippen molar-refractivity contribution in [3.05, 3.63) is 35.0 Å². The number of fused-ring (bicyclic) bond motifs is 1. The molecular weight excluding hydrogens is 225 g/mol. The lowest BCUT2D eigenvalue weighted by Crippen LogP contribution is -1.94. The van der Waals surface area contributed by atoms with Crippen molar-refractivity contribution in [2.24, 2.45) is 0 Å². The maximum absolute atomic E-state index is 10.8. The molecule has 0 aliphatic carbocycles. The molecule has 5 heteroatoms. The highest BCUT2D eigenvalue weighted by Gasteiger charge is 2.15. The largest absolute Gasteiger partial charge is 0.478 e. The second kappa shape index (κ2) is 3.90. The number of hydrogen-bond acceptors (Lipinski definition) is 1. The Morgan fingerprint density at radius 1 is 1.36 bits per heavy atom. The molecule has 2 N–H and O–H groups in total. The predicted octanol–water partition coefficient (Wildman–Crippen LogP) is 2.94. The molecule has 1 aromatic carbocycles. The number of nitrogens with one attached hydrogen (secondary N) is 1. The third kappa shape index (κ3) is 1.56. The molecule has 74 valence electrons. The van der Waals surface area contributed by atoms with E-state index < -0.39 is 5.97 Å². The first-order valence-electron chi connectivity index (χ1n) is 3.69. The number of aromatic carboxylic acids is 1. The maximum atomic E-state index is 10.8. The Labute approximate surface area is 91.1 Å². The van der Waals surface area contributed by atoms with E-state index in [0.29, 0.717) is 5.39 Å². The van der Waals surface area contributed by atoms with Gasteiger partial charge in [0.15, 0.2) is 0 Å². The van der Waals surface area contributed by atoms with Crippen molar-refractivity contribution in [2.45, 2.75) is 0 Å². The number of aromatic amines is 1. The van der Waals surface area contributed by atoms with E-state index in [1.165, 1.54) is 0 Å². The number of aromatic nitrogens is 1. The molecule has 0 atom stereocenters. The molecular formula is C9H7Cl2NO2. The highest BCUT2D eigenvalue weighted by Crippen LogP contribution is 2.25. The average molecular weight is 232 g/mol. The zero-order valence-electron chi connectivity index (χ0n) is 6.95. The van der Waals surface area contributed by atoms with Crippen LogP contribution in [0.3, 0.4) is 0 Å². The van der Waals surface area contributed by atoms with Crippen molar-refractivity contribution < 1.29 is 9.90 Å². The van der Waals surface area contributed by atoms with Gasteiger partial charge in [0.05, 0.1) is 0 Å². The number of carboxylic acids is 1. The fourth-order valence-corrected chi connectivity index (χ4v) is 1.60. The summed E-state index contributed by atoms with van der Waals surface area (Å²) in [4.78, 5) is 13.6. The quantitative estimate of drug-likeness (QED) is 0.794. The topological polar surface area (TPSA) is 53.1 Å². The Bertz CT molecular complexity index is 479. The van der Waals surface area contributed by atoms with Crippen LogP contribution in [0, 0.1) is 0 Å². The third-order valence-electron chi connectivity index (χ3n) is 1.87. The van der Waals surface area contributed by atoms with Gasteiger partial charge in [-0.2, -0.15) is 0 Å². The number of hydrogen-bond donors (Lipinski definition) is 2. The lowest BCUT2D eigenvalue weighted by atomic mass is 10.2. The second-order valence-electron chi connectivity index (χ2n) is 2.66. The first kappa shape index (κ1) is 10.9. The smallest absolute Gasteiger partial charge is 0.339 e. The van der Waals surface area contributed by atoms with Crippen molar-refractivity contribution in [1.82, 2.24) is 4.98 Å². The molecule has 2 rings (SSSR count). The van der Waals surface area contributed by atoms with Gasteiger partial charge < -0.3 is 10.1 Å². The third-order valence-corrected chi connectivity index (χ3v) is 2.16. The zero-order chi connectivity index (χ0) is 9.42. The van der Waals surface area contributed by atoms with Crippen LogP contribution in [0.5, 0.6) is 0 Å². The van der Waals surface area contributed by atoms with Crippen molar-refractivity contribution in [3.8, 4) is 0 Å². The van der Waals surface area contributed by atoms with E-state index in [-0.39, 0.29) is 23.1 Å². The van der Waals surface area contributed by atoms with Crippen LogP contribution in [0.4, 0.5) is 0 Å². The van der Waals surface area contributed by atoms with Gasteiger partial charge in [0.2, 0.25) is 0 Å². The Morgan fingerprint density at radius 3 is 2.64 bits per heavy atom. The zero-order valence-corrected chi connectivity index (χ0v) is 8.52. The van der Waals surface area contributed by atoms with Gasteiger partial charge in [-0.05, 0) is 6.07 Å². The van der Waals surface area contributed by atoms with Crippen LogP contribution in [-0.4, -0.2) is 16.1 Å². The van der Waals surface area contributed by atoms with Gasteiger partial charge in [-0.3, -0.25) is 0 Å². The molecule has 0 fully saturated rings. The molecule has 0 spiro atoms. The van der Waals surface area contributed by atoms with E-state index in [0.717, 1.165) is 5.52 Å². The minimum Gasteiger partial charge on any atom is -0.478 e. The van der Waals surface area contributed by atoms with Gasteiger partial charge in [-0.15, -0.1) is 12.4 Å². The Kier molecular flexibility index (Phi) is 3.03. The minimum absolute atomic E-state index is 0. The molecule has 0 unspecified atom stereocenters. The van der Waals surface area contributed by atoms with Gasteiger partial charge >= 0.3 is 5.97 Å². The van der Waals surface area contributed by atoms with Crippen LogP contribution in [0.15, 0.2) is 24.3 Å². The second-order valence-corrected chi connectivity index (χ2v) is 3.04. The van der Waals surface area contributed by atoms with Crippen LogP contribution in [0.2, 0.25) is 5.15 Å². The van der Waals surface area contributed by atoms with E-state index in [1.807, 2.05) is 6.07 Å². The number of halogens is 2. The van der Waals surface area contributed by atoms with Crippen molar-refractivity contribution in [2.75, 3.05) is 0 Å². The fraction of sp³-hybridized carbons (Fsp3) is 0. The summed E-state index contributed by atoms with van der Waals surface area (Å²) in [6.45, 7) is 0. The molecule has 0 saturated heterocycles. The molecule has 14 heavy (non-hydrogen) atoms. The number of carbonyl (C=O) groups is 1. The van der Waals surface area contributed by atoms with Crippen LogP contribution in [0.25, 0.3) is 10.9 Å². The van der Waals surface area contributed by atoms with Crippen molar-refractivity contribution in [3.63, 3.8) is 0 Å². The average Bonchev–Trinajstić information content (AvgIpc) is 2.39. The molecule has 0 saturated carbocycles. The SMILES string of the molecule is Cl.O=C(O)c1c(Cl)[nH]c2ccccc12. The predicted molar refractivity (Wildman–Crippen MR) is 57.5 cm³/mol. The van der Waals surface area contributed by atoms with E-state index >= 15 is 0 Å². The van der Waals surface area contributed by atoms with Crippen LogP contribution >= 0.6 is 24.0 Å². The van der Waals surface area contributed by atoms with Gasteiger partial charge in [0.1, 0.15) is 10.7 Å². The van der Waals surface area contributed by atoms with Crippen molar-refractivity contribution >= 4 is 40.9 Å². The van der Waals surface area contributed by atoms with Gasteiger partial charge in [-0.1, -0.05) is 29.8 Å². The summed E-state index contributed by atoms with van der Waals surface area (Å²) in [5.74, 6) is -1.01. The molecule has 0 amide bonds. The molecule has 0 aliphatic heterocycles. The van der Waals surface area contributed by atoms with E-state index in [1.54, 1.807) is 18.2 Å². The monoisotopic (exact) mass is 231 g/mol. The summed E-state index contributed by atoms with van der Waals surface area (Å²) in [6.07, 6.45) is 0. The van der Waals surface area contributed by atoms with Gasteiger partial charge in [0, 0.05) is 10.9 Å². The molecule has 0 aliphatic rings. The number of H-pyrrole nitrogens is 1. The molecule has 2 aromatic rings. The summed E-state index contributed by atoms with van der Waals surface area (Å²) in [7, 11) is 0. The molecule has 1 aromatic heterocycles. The Morgan fingerprint density at radius 2 is 2.00 bits per heavy atom. The molecule has 3 nitrogen and oxygen atoms in total. The van der Waals surface area contributed by atoms with Gasteiger partial charge in [0.25, 0.3) is 0 Å². The number of rotatable bonds is 1. The standard InChI is InChI=1S/C9H6ClNO2.ClH/c10-8-7(9(12)13)5-3-1-2-4-6(5)11-8;/h1-4,11H,(H,12,13);1H. The lowest BCUT2D eigenvalue weighted by Gasteiger charge is -1.90. The fourth-order valence-electron chi connectivity index (χ4n) is 1.32. The van der Waals surface area contributed by atoms with E-state index in [4.69, 9.17) is 16.7 Å². The first-order valence-corrected chi connectivity index (χ1v) is 4.07. The first-order chi connectivity index (χ1) is 6.20. The Balaban J connectivity index is 0.000000980. The lowest BCUT2D eigenvalue weighted by molar-refractivity contribution is 0.0699. The number of para-hydroxylation sites is 1. The van der Waals surface area contributed by atoms with Crippen LogP contribution < -0.4 is 0 Å². The summed E-state index contributed by atoms with van der Waals surface area (Å²) >= 11 is 5.73. The van der Waals surface area contributed by atoms with E-state index in [9.17, 15) is 4.79 Å². The summed E-state index contributed by atoms with van der Waals surface area (Å²) < 4.78 is 0. The van der Waals surface area contributed by atoms with Crippen LogP contribution in [-0.2, 0) is 0 Å². The van der Waals surface area contributed by atoms with E-state index in [2.05, 4.69) is 4.98 Å².